The molecule has 0 spiro atoms. The molecule has 1 N–H and O–H groups in total. The van der Waals surface area contributed by atoms with Gasteiger partial charge in [0.15, 0.2) is 11.5 Å². The first-order valence-corrected chi connectivity index (χ1v) is 8.29. The van der Waals surface area contributed by atoms with Crippen LogP contribution in [-0.4, -0.2) is 19.3 Å². The van der Waals surface area contributed by atoms with E-state index in [-0.39, 0.29) is 0 Å². The summed E-state index contributed by atoms with van der Waals surface area (Å²) in [4.78, 5) is 0. The first-order valence-electron chi connectivity index (χ1n) is 8.29. The summed E-state index contributed by atoms with van der Waals surface area (Å²) in [6, 6.07) is 6.79. The lowest BCUT2D eigenvalue weighted by atomic mass is 9.74. The van der Waals surface area contributed by atoms with Gasteiger partial charge in [-0.1, -0.05) is 27.2 Å². The lowest BCUT2D eigenvalue weighted by Crippen LogP contribution is -2.37. The van der Waals surface area contributed by atoms with Crippen LogP contribution < -0.4 is 14.8 Å². The summed E-state index contributed by atoms with van der Waals surface area (Å²) < 4.78 is 11.3. The molecule has 21 heavy (non-hydrogen) atoms. The Morgan fingerprint density at radius 3 is 2.62 bits per heavy atom. The summed E-state index contributed by atoms with van der Waals surface area (Å²) in [6.07, 6.45) is 3.96. The van der Waals surface area contributed by atoms with Crippen molar-refractivity contribution in [3.63, 3.8) is 0 Å². The molecular formula is C18H27NO2. The first kappa shape index (κ1) is 14.6. The van der Waals surface area contributed by atoms with E-state index >= 15 is 0 Å². The molecule has 0 radical (unpaired) electrons. The molecule has 0 bridgehead atoms. The summed E-state index contributed by atoms with van der Waals surface area (Å²) in [7, 11) is 0. The van der Waals surface area contributed by atoms with Crippen LogP contribution in [0.15, 0.2) is 18.2 Å². The predicted molar refractivity (Wildman–Crippen MR) is 86.2 cm³/mol. The molecule has 1 aromatic rings. The fraction of sp³-hybridized carbons (Fsp3) is 0.667. The zero-order chi connectivity index (χ0) is 14.8. The number of rotatable bonds is 3. The highest BCUT2D eigenvalue weighted by atomic mass is 16.6. The van der Waals surface area contributed by atoms with Gasteiger partial charge in [0.1, 0.15) is 13.2 Å². The summed E-state index contributed by atoms with van der Waals surface area (Å²) in [5, 5.41) is 3.76. The molecule has 1 saturated carbocycles. The highest BCUT2D eigenvalue weighted by Crippen LogP contribution is 2.37. The van der Waals surface area contributed by atoms with Crippen molar-refractivity contribution in [2.45, 2.75) is 46.1 Å². The standard InChI is InChI=1S/C18H27NO2/c1-12(2)15-6-4-13(3)10-16(15)19-14-5-7-17-18(11-14)21-9-8-20-17/h5,7,11-13,15-16,19H,4,6,8-10H2,1-3H3. The minimum absolute atomic E-state index is 0.566. The fourth-order valence-corrected chi connectivity index (χ4v) is 3.72. The van der Waals surface area contributed by atoms with Crippen molar-refractivity contribution < 1.29 is 9.47 Å². The Labute approximate surface area is 128 Å². The Balaban J connectivity index is 1.74. The maximum atomic E-state index is 5.68. The second-order valence-corrected chi connectivity index (χ2v) is 6.94. The largest absolute Gasteiger partial charge is 0.486 e. The average Bonchev–Trinajstić information content (AvgIpc) is 2.47. The maximum Gasteiger partial charge on any atom is 0.163 e. The van der Waals surface area contributed by atoms with E-state index in [2.05, 4.69) is 38.2 Å². The SMILES string of the molecule is CC1CCC(C(C)C)C(Nc2ccc3c(c2)OCCO3)C1. The van der Waals surface area contributed by atoms with E-state index < -0.39 is 0 Å². The number of hydrogen-bond donors (Lipinski definition) is 1. The van der Waals surface area contributed by atoms with Crippen molar-refractivity contribution in [1.29, 1.82) is 0 Å². The van der Waals surface area contributed by atoms with E-state index in [1.165, 1.54) is 19.3 Å². The van der Waals surface area contributed by atoms with Crippen LogP contribution in [0.3, 0.4) is 0 Å². The van der Waals surface area contributed by atoms with Gasteiger partial charge in [0.05, 0.1) is 0 Å². The predicted octanol–water partition coefficient (Wildman–Crippen LogP) is 4.33. The fourth-order valence-electron chi connectivity index (χ4n) is 3.72. The van der Waals surface area contributed by atoms with Crippen LogP contribution in [0.4, 0.5) is 5.69 Å². The summed E-state index contributed by atoms with van der Waals surface area (Å²) in [5.74, 6) is 4.04. The quantitative estimate of drug-likeness (QED) is 0.898. The Morgan fingerprint density at radius 1 is 1.10 bits per heavy atom. The molecule has 1 aliphatic heterocycles. The van der Waals surface area contributed by atoms with Crippen LogP contribution in [0.2, 0.25) is 0 Å². The molecule has 3 rings (SSSR count). The third-order valence-corrected chi connectivity index (χ3v) is 4.92. The second kappa shape index (κ2) is 6.17. The van der Waals surface area contributed by atoms with Crippen LogP contribution >= 0.6 is 0 Å². The van der Waals surface area contributed by atoms with Crippen molar-refractivity contribution in [2.75, 3.05) is 18.5 Å². The number of hydrogen-bond acceptors (Lipinski definition) is 3. The molecule has 0 saturated heterocycles. The van der Waals surface area contributed by atoms with E-state index in [4.69, 9.17) is 9.47 Å². The van der Waals surface area contributed by atoms with Gasteiger partial charge in [-0.25, -0.2) is 0 Å². The minimum atomic E-state index is 0.566. The summed E-state index contributed by atoms with van der Waals surface area (Å²) >= 11 is 0. The molecule has 0 aromatic heterocycles. The Kier molecular flexibility index (Phi) is 4.27. The molecule has 1 aromatic carbocycles. The van der Waals surface area contributed by atoms with Crippen molar-refractivity contribution in [1.82, 2.24) is 0 Å². The van der Waals surface area contributed by atoms with Gasteiger partial charge in [0.2, 0.25) is 0 Å². The molecular weight excluding hydrogens is 262 g/mol. The Bertz CT molecular complexity index is 486. The zero-order valence-electron chi connectivity index (χ0n) is 13.4. The molecule has 1 aliphatic carbocycles. The maximum absolute atomic E-state index is 5.68. The number of anilines is 1. The third-order valence-electron chi connectivity index (χ3n) is 4.92. The topological polar surface area (TPSA) is 30.5 Å². The number of nitrogens with one attached hydrogen (secondary N) is 1. The Hall–Kier alpha value is -1.38. The van der Waals surface area contributed by atoms with Crippen molar-refractivity contribution >= 4 is 5.69 Å². The van der Waals surface area contributed by atoms with Crippen molar-refractivity contribution in [3.8, 4) is 11.5 Å². The summed E-state index contributed by atoms with van der Waals surface area (Å²) in [5.41, 5.74) is 1.16. The van der Waals surface area contributed by atoms with Crippen LogP contribution in [-0.2, 0) is 0 Å². The molecule has 2 aliphatic rings. The van der Waals surface area contributed by atoms with Crippen LogP contribution in [0, 0.1) is 17.8 Å². The molecule has 0 amide bonds. The molecule has 1 heterocycles. The molecule has 3 nitrogen and oxygen atoms in total. The average molecular weight is 289 g/mol. The van der Waals surface area contributed by atoms with Crippen LogP contribution in [0.5, 0.6) is 11.5 Å². The van der Waals surface area contributed by atoms with E-state index in [1.54, 1.807) is 0 Å². The van der Waals surface area contributed by atoms with Gasteiger partial charge in [-0.3, -0.25) is 0 Å². The lowest BCUT2D eigenvalue weighted by molar-refractivity contribution is 0.171. The molecule has 3 unspecified atom stereocenters. The second-order valence-electron chi connectivity index (χ2n) is 6.94. The number of benzene rings is 1. The van der Waals surface area contributed by atoms with E-state index in [9.17, 15) is 0 Å². The van der Waals surface area contributed by atoms with Crippen molar-refractivity contribution in [3.05, 3.63) is 18.2 Å². The smallest absolute Gasteiger partial charge is 0.163 e. The van der Waals surface area contributed by atoms with E-state index in [0.717, 1.165) is 34.9 Å². The first-order chi connectivity index (χ1) is 10.1. The van der Waals surface area contributed by atoms with Gasteiger partial charge >= 0.3 is 0 Å². The van der Waals surface area contributed by atoms with Gasteiger partial charge in [0.25, 0.3) is 0 Å². The highest BCUT2D eigenvalue weighted by molar-refractivity contribution is 5.55. The number of fused-ring (bicyclic) bond motifs is 1. The molecule has 3 atom stereocenters. The third kappa shape index (κ3) is 3.28. The summed E-state index contributed by atoms with van der Waals surface area (Å²) in [6.45, 7) is 8.36. The van der Waals surface area contributed by atoms with Gasteiger partial charge in [-0.2, -0.15) is 0 Å². The Morgan fingerprint density at radius 2 is 1.86 bits per heavy atom. The highest BCUT2D eigenvalue weighted by Gasteiger charge is 2.30. The number of ether oxygens (including phenoxy) is 2. The molecule has 116 valence electrons. The van der Waals surface area contributed by atoms with Gasteiger partial charge in [0, 0.05) is 17.8 Å². The molecule has 3 heteroatoms. The normalized spacial score (nSPS) is 28.5. The zero-order valence-corrected chi connectivity index (χ0v) is 13.4. The minimum Gasteiger partial charge on any atom is -0.486 e. The van der Waals surface area contributed by atoms with E-state index in [1.807, 2.05) is 6.07 Å². The monoisotopic (exact) mass is 289 g/mol. The van der Waals surface area contributed by atoms with Crippen LogP contribution in [0.25, 0.3) is 0 Å². The van der Waals surface area contributed by atoms with Crippen LogP contribution in [0.1, 0.15) is 40.0 Å². The lowest BCUT2D eigenvalue weighted by Gasteiger charge is -2.38. The van der Waals surface area contributed by atoms with Gasteiger partial charge < -0.3 is 14.8 Å². The van der Waals surface area contributed by atoms with Gasteiger partial charge in [-0.05, 0) is 42.7 Å². The van der Waals surface area contributed by atoms with Crippen molar-refractivity contribution in [2.24, 2.45) is 17.8 Å². The van der Waals surface area contributed by atoms with Gasteiger partial charge in [-0.15, -0.1) is 0 Å². The molecule has 1 fully saturated rings. The van der Waals surface area contributed by atoms with E-state index in [0.29, 0.717) is 19.3 Å².